The highest BCUT2D eigenvalue weighted by Crippen LogP contribution is 2.20. The zero-order valence-electron chi connectivity index (χ0n) is 8.55. The number of aliphatic carboxylic acids is 1. The van der Waals surface area contributed by atoms with Crippen molar-refractivity contribution in [3.63, 3.8) is 0 Å². The molecule has 86 valence electrons. The van der Waals surface area contributed by atoms with Crippen LogP contribution in [0.5, 0.6) is 0 Å². The Hall–Kier alpha value is -1.49. The van der Waals surface area contributed by atoms with Gasteiger partial charge in [-0.2, -0.15) is 0 Å². The van der Waals surface area contributed by atoms with Crippen LogP contribution < -0.4 is 0 Å². The zero-order valence-corrected chi connectivity index (χ0v) is 9.37. The summed E-state index contributed by atoms with van der Waals surface area (Å²) in [5, 5.41) is 17.2. The Morgan fingerprint density at radius 2 is 2.00 bits per heavy atom. The average Bonchev–Trinajstić information content (AvgIpc) is 2.24. The van der Waals surface area contributed by atoms with Crippen molar-refractivity contribution < 1.29 is 19.8 Å². The van der Waals surface area contributed by atoms with E-state index in [9.17, 15) is 9.59 Å². The minimum Gasteiger partial charge on any atom is -0.481 e. The Kier molecular flexibility index (Phi) is 4.85. The van der Waals surface area contributed by atoms with Crippen LogP contribution in [0.15, 0.2) is 29.2 Å². The van der Waals surface area contributed by atoms with Crippen molar-refractivity contribution in [3.05, 3.63) is 29.8 Å². The number of carbonyl (C=O) groups is 2. The molecule has 0 atom stereocenters. The van der Waals surface area contributed by atoms with Crippen LogP contribution in [0.4, 0.5) is 0 Å². The van der Waals surface area contributed by atoms with Gasteiger partial charge < -0.3 is 10.2 Å². The first-order valence-corrected chi connectivity index (χ1v) is 5.76. The Morgan fingerprint density at radius 3 is 2.62 bits per heavy atom. The number of benzene rings is 1. The molecule has 0 saturated heterocycles. The normalized spacial score (nSPS) is 10.0. The third-order valence-corrected chi connectivity index (χ3v) is 2.96. The molecule has 1 aromatic rings. The van der Waals surface area contributed by atoms with E-state index in [4.69, 9.17) is 10.2 Å². The number of rotatable bonds is 6. The maximum absolute atomic E-state index is 10.7. The number of thioether (sulfide) groups is 1. The molecular formula is C11H12O4S. The van der Waals surface area contributed by atoms with Gasteiger partial charge in [-0.3, -0.25) is 4.79 Å². The summed E-state index contributed by atoms with van der Waals surface area (Å²) in [6.45, 7) is 0. The molecular weight excluding hydrogens is 228 g/mol. The molecule has 0 aromatic heterocycles. The zero-order chi connectivity index (χ0) is 12.0. The third kappa shape index (κ3) is 4.35. The van der Waals surface area contributed by atoms with Gasteiger partial charge in [-0.25, -0.2) is 4.79 Å². The average molecular weight is 240 g/mol. The molecule has 0 radical (unpaired) electrons. The van der Waals surface area contributed by atoms with Crippen molar-refractivity contribution in [3.8, 4) is 0 Å². The molecule has 1 rings (SSSR count). The molecule has 0 aliphatic rings. The van der Waals surface area contributed by atoms with Crippen molar-refractivity contribution in [1.82, 2.24) is 0 Å². The highest BCUT2D eigenvalue weighted by Gasteiger charge is 2.03. The summed E-state index contributed by atoms with van der Waals surface area (Å²) < 4.78 is 0. The smallest absolute Gasteiger partial charge is 0.335 e. The van der Waals surface area contributed by atoms with Crippen LogP contribution in [0.1, 0.15) is 23.2 Å². The predicted octanol–water partition coefficient (Wildman–Crippen LogP) is 2.34. The number of aromatic carboxylic acids is 1. The maximum atomic E-state index is 10.7. The van der Waals surface area contributed by atoms with Gasteiger partial charge in [0.05, 0.1) is 5.56 Å². The van der Waals surface area contributed by atoms with E-state index in [2.05, 4.69) is 0 Å². The van der Waals surface area contributed by atoms with Crippen molar-refractivity contribution in [2.75, 3.05) is 5.75 Å². The van der Waals surface area contributed by atoms with Crippen molar-refractivity contribution in [2.24, 2.45) is 0 Å². The second kappa shape index (κ2) is 6.17. The van der Waals surface area contributed by atoms with Crippen LogP contribution in [-0.4, -0.2) is 27.9 Å². The summed E-state index contributed by atoms with van der Waals surface area (Å²) in [6.07, 6.45) is 0.725. The summed E-state index contributed by atoms with van der Waals surface area (Å²) in [5.41, 5.74) is 0.253. The van der Waals surface area contributed by atoms with E-state index in [1.165, 1.54) is 17.8 Å². The molecule has 0 aliphatic heterocycles. The van der Waals surface area contributed by atoms with Crippen LogP contribution >= 0.6 is 11.8 Å². The fourth-order valence-electron chi connectivity index (χ4n) is 1.13. The standard InChI is InChI=1S/C11H12O4S/c12-10(13)5-2-6-16-9-4-1-3-8(7-9)11(14)15/h1,3-4,7H,2,5-6H2,(H,12,13)(H,14,15). The molecule has 4 nitrogen and oxygen atoms in total. The van der Waals surface area contributed by atoms with Crippen molar-refractivity contribution in [1.29, 1.82) is 0 Å². The van der Waals surface area contributed by atoms with Gasteiger partial charge in [-0.05, 0) is 30.4 Å². The minimum absolute atomic E-state index is 0.144. The van der Waals surface area contributed by atoms with Gasteiger partial charge in [0.25, 0.3) is 0 Å². The number of carboxylic acid groups (broad SMARTS) is 2. The van der Waals surface area contributed by atoms with E-state index in [0.717, 1.165) is 4.90 Å². The molecule has 0 amide bonds. The van der Waals surface area contributed by atoms with E-state index < -0.39 is 11.9 Å². The Morgan fingerprint density at radius 1 is 1.25 bits per heavy atom. The van der Waals surface area contributed by atoms with Crippen LogP contribution in [-0.2, 0) is 4.79 Å². The quantitative estimate of drug-likeness (QED) is 0.589. The van der Waals surface area contributed by atoms with E-state index in [1.54, 1.807) is 12.1 Å². The molecule has 0 unspecified atom stereocenters. The first-order valence-electron chi connectivity index (χ1n) is 4.77. The van der Waals surface area contributed by atoms with Gasteiger partial charge in [0.1, 0.15) is 0 Å². The number of hydrogen-bond donors (Lipinski definition) is 2. The molecule has 0 fully saturated rings. The summed E-state index contributed by atoms with van der Waals surface area (Å²) >= 11 is 1.47. The molecule has 0 heterocycles. The van der Waals surface area contributed by atoms with Crippen LogP contribution in [0, 0.1) is 0 Å². The molecule has 0 saturated carbocycles. The van der Waals surface area contributed by atoms with Crippen LogP contribution in [0.3, 0.4) is 0 Å². The van der Waals surface area contributed by atoms with Crippen LogP contribution in [0.2, 0.25) is 0 Å². The Bertz CT molecular complexity index is 389. The van der Waals surface area contributed by atoms with Crippen molar-refractivity contribution >= 4 is 23.7 Å². The predicted molar refractivity (Wildman–Crippen MR) is 61.0 cm³/mol. The molecule has 0 aliphatic carbocycles. The van der Waals surface area contributed by atoms with Gasteiger partial charge in [-0.15, -0.1) is 11.8 Å². The van der Waals surface area contributed by atoms with Gasteiger partial charge >= 0.3 is 11.9 Å². The first kappa shape index (κ1) is 12.6. The second-order valence-corrected chi connectivity index (χ2v) is 4.35. The van der Waals surface area contributed by atoms with E-state index in [-0.39, 0.29) is 12.0 Å². The lowest BCUT2D eigenvalue weighted by molar-refractivity contribution is -0.137. The lowest BCUT2D eigenvalue weighted by Crippen LogP contribution is -1.96. The van der Waals surface area contributed by atoms with Gasteiger partial charge in [-0.1, -0.05) is 6.07 Å². The molecule has 2 N–H and O–H groups in total. The summed E-state index contributed by atoms with van der Waals surface area (Å²) in [7, 11) is 0. The lowest BCUT2D eigenvalue weighted by Gasteiger charge is -2.01. The number of carboxylic acids is 2. The first-order chi connectivity index (χ1) is 7.59. The SMILES string of the molecule is O=C(O)CCCSc1cccc(C(=O)O)c1. The van der Waals surface area contributed by atoms with Gasteiger partial charge in [0, 0.05) is 11.3 Å². The number of hydrogen-bond acceptors (Lipinski definition) is 3. The van der Waals surface area contributed by atoms with Crippen molar-refractivity contribution in [2.45, 2.75) is 17.7 Å². The molecule has 16 heavy (non-hydrogen) atoms. The largest absolute Gasteiger partial charge is 0.481 e. The summed E-state index contributed by atoms with van der Waals surface area (Å²) in [4.78, 5) is 21.8. The lowest BCUT2D eigenvalue weighted by atomic mass is 10.2. The minimum atomic E-state index is -0.951. The molecule has 0 spiro atoms. The van der Waals surface area contributed by atoms with E-state index in [0.29, 0.717) is 12.2 Å². The van der Waals surface area contributed by atoms with Gasteiger partial charge in [0.15, 0.2) is 0 Å². The van der Waals surface area contributed by atoms with E-state index >= 15 is 0 Å². The summed E-state index contributed by atoms with van der Waals surface area (Å²) in [5.74, 6) is -1.08. The maximum Gasteiger partial charge on any atom is 0.335 e. The fourth-order valence-corrected chi connectivity index (χ4v) is 2.04. The topological polar surface area (TPSA) is 74.6 Å². The monoisotopic (exact) mass is 240 g/mol. The van der Waals surface area contributed by atoms with E-state index in [1.807, 2.05) is 6.07 Å². The molecule has 5 heteroatoms. The third-order valence-electron chi connectivity index (χ3n) is 1.88. The second-order valence-electron chi connectivity index (χ2n) is 3.18. The Labute approximate surface area is 97.3 Å². The summed E-state index contributed by atoms with van der Waals surface area (Å²) in [6, 6.07) is 6.62. The fraction of sp³-hybridized carbons (Fsp3) is 0.273. The van der Waals surface area contributed by atoms with Crippen LogP contribution in [0.25, 0.3) is 0 Å². The Balaban J connectivity index is 2.45. The van der Waals surface area contributed by atoms with Gasteiger partial charge in [0.2, 0.25) is 0 Å². The highest BCUT2D eigenvalue weighted by atomic mass is 32.2. The highest BCUT2D eigenvalue weighted by molar-refractivity contribution is 7.99. The molecule has 0 bridgehead atoms. The molecule has 1 aromatic carbocycles.